The van der Waals surface area contributed by atoms with Crippen molar-refractivity contribution in [2.45, 2.75) is 27.2 Å². The molecule has 7 heteroatoms. The van der Waals surface area contributed by atoms with Gasteiger partial charge in [0.25, 0.3) is 11.5 Å². The molecule has 0 radical (unpaired) electrons. The van der Waals surface area contributed by atoms with Crippen molar-refractivity contribution in [1.29, 1.82) is 0 Å². The Labute approximate surface area is 144 Å². The molecule has 0 fully saturated rings. The van der Waals surface area contributed by atoms with E-state index in [9.17, 15) is 18.8 Å². The number of aryl methyl sites for hydroxylation is 3. The van der Waals surface area contributed by atoms with Crippen LogP contribution >= 0.6 is 0 Å². The fourth-order valence-corrected chi connectivity index (χ4v) is 2.46. The third-order valence-electron chi connectivity index (χ3n) is 3.67. The summed E-state index contributed by atoms with van der Waals surface area (Å²) in [5.41, 5.74) is 1.75. The van der Waals surface area contributed by atoms with Crippen molar-refractivity contribution in [3.63, 3.8) is 0 Å². The van der Waals surface area contributed by atoms with Crippen LogP contribution in [0.2, 0.25) is 0 Å². The number of pyridine rings is 1. The minimum Gasteiger partial charge on any atom is -0.351 e. The van der Waals surface area contributed by atoms with Crippen molar-refractivity contribution in [1.82, 2.24) is 10.3 Å². The van der Waals surface area contributed by atoms with Gasteiger partial charge in [0.1, 0.15) is 11.4 Å². The monoisotopic (exact) mass is 345 g/mol. The highest BCUT2D eigenvalue weighted by molar-refractivity contribution is 5.96. The van der Waals surface area contributed by atoms with Crippen molar-refractivity contribution in [2.75, 3.05) is 11.9 Å². The second-order valence-electron chi connectivity index (χ2n) is 5.86. The number of hydrogen-bond donors (Lipinski definition) is 3. The summed E-state index contributed by atoms with van der Waals surface area (Å²) in [6.07, 6.45) is 0.0327. The van der Waals surface area contributed by atoms with Crippen LogP contribution in [0.4, 0.5) is 10.1 Å². The molecule has 0 spiro atoms. The molecule has 2 rings (SSSR count). The molecule has 0 aliphatic rings. The summed E-state index contributed by atoms with van der Waals surface area (Å²) in [5.74, 6) is -1.19. The Morgan fingerprint density at radius 1 is 1.12 bits per heavy atom. The lowest BCUT2D eigenvalue weighted by atomic mass is 10.1. The molecular formula is C18H20FN3O3. The minimum atomic E-state index is -0.524. The predicted molar refractivity (Wildman–Crippen MR) is 93.3 cm³/mol. The second-order valence-corrected chi connectivity index (χ2v) is 5.86. The topological polar surface area (TPSA) is 91.1 Å². The number of amides is 2. The van der Waals surface area contributed by atoms with Gasteiger partial charge in [-0.2, -0.15) is 0 Å². The van der Waals surface area contributed by atoms with E-state index >= 15 is 0 Å². The molecule has 0 aliphatic carbocycles. The summed E-state index contributed by atoms with van der Waals surface area (Å²) in [7, 11) is 0. The summed E-state index contributed by atoms with van der Waals surface area (Å²) in [4.78, 5) is 38.4. The van der Waals surface area contributed by atoms with E-state index < -0.39 is 11.5 Å². The van der Waals surface area contributed by atoms with Gasteiger partial charge in [-0.05, 0) is 56.2 Å². The number of carbonyl (C=O) groups excluding carboxylic acids is 2. The van der Waals surface area contributed by atoms with Gasteiger partial charge in [0.15, 0.2) is 0 Å². The summed E-state index contributed by atoms with van der Waals surface area (Å²) < 4.78 is 13.2. The molecule has 1 heterocycles. The highest BCUT2D eigenvalue weighted by atomic mass is 19.1. The summed E-state index contributed by atoms with van der Waals surface area (Å²) >= 11 is 0. The average molecular weight is 345 g/mol. The number of benzene rings is 1. The summed E-state index contributed by atoms with van der Waals surface area (Å²) in [6, 6.07) is 5.98. The number of nitrogens with one attached hydrogen (secondary N) is 3. The van der Waals surface area contributed by atoms with Crippen molar-refractivity contribution in [2.24, 2.45) is 0 Å². The van der Waals surface area contributed by atoms with E-state index in [0.717, 1.165) is 0 Å². The Balaban J connectivity index is 1.90. The van der Waals surface area contributed by atoms with Crippen LogP contribution in [0.1, 0.15) is 33.6 Å². The first kappa shape index (κ1) is 18.4. The van der Waals surface area contributed by atoms with Gasteiger partial charge < -0.3 is 15.6 Å². The molecule has 1 aromatic carbocycles. The molecule has 0 saturated carbocycles. The molecule has 0 bridgehead atoms. The fourth-order valence-electron chi connectivity index (χ4n) is 2.46. The van der Waals surface area contributed by atoms with Gasteiger partial charge in [0.05, 0.1) is 0 Å². The van der Waals surface area contributed by atoms with E-state index in [4.69, 9.17) is 0 Å². The van der Waals surface area contributed by atoms with Crippen LogP contribution in [0.15, 0.2) is 29.1 Å². The number of H-pyrrole nitrogens is 1. The summed E-state index contributed by atoms with van der Waals surface area (Å²) in [5, 5.41) is 5.19. The number of aromatic nitrogens is 1. The van der Waals surface area contributed by atoms with Gasteiger partial charge in [-0.15, -0.1) is 0 Å². The number of aromatic amines is 1. The van der Waals surface area contributed by atoms with E-state index in [2.05, 4.69) is 15.6 Å². The lowest BCUT2D eigenvalue weighted by Crippen LogP contribution is -2.33. The number of carbonyl (C=O) groups is 2. The smallest absolute Gasteiger partial charge is 0.261 e. The van der Waals surface area contributed by atoms with Gasteiger partial charge in [0.2, 0.25) is 5.91 Å². The standard InChI is InChI=1S/C18H20FN3O3/c1-10-9-13(4-5-14(10)19)22-15(23)6-7-20-17(24)16-11(2)8-12(3)21-18(16)25/h4-5,8-9H,6-7H2,1-3H3,(H,20,24)(H,21,25)(H,22,23). The first-order valence-electron chi connectivity index (χ1n) is 7.82. The molecule has 0 atom stereocenters. The second kappa shape index (κ2) is 7.74. The maximum Gasteiger partial charge on any atom is 0.261 e. The van der Waals surface area contributed by atoms with Crippen LogP contribution in [-0.2, 0) is 4.79 Å². The molecule has 132 valence electrons. The lowest BCUT2D eigenvalue weighted by Gasteiger charge is -2.09. The largest absolute Gasteiger partial charge is 0.351 e. The molecule has 6 nitrogen and oxygen atoms in total. The van der Waals surface area contributed by atoms with Crippen LogP contribution in [0.25, 0.3) is 0 Å². The zero-order valence-electron chi connectivity index (χ0n) is 14.3. The van der Waals surface area contributed by atoms with E-state index in [-0.39, 0.29) is 30.3 Å². The Bertz CT molecular complexity index is 874. The van der Waals surface area contributed by atoms with E-state index in [1.54, 1.807) is 26.8 Å². The molecule has 0 saturated heterocycles. The van der Waals surface area contributed by atoms with Crippen molar-refractivity contribution < 1.29 is 14.0 Å². The van der Waals surface area contributed by atoms with Gasteiger partial charge in [-0.25, -0.2) is 4.39 Å². The quantitative estimate of drug-likeness (QED) is 0.776. The molecule has 1 aromatic heterocycles. The highest BCUT2D eigenvalue weighted by Crippen LogP contribution is 2.13. The van der Waals surface area contributed by atoms with Crippen molar-refractivity contribution in [3.8, 4) is 0 Å². The lowest BCUT2D eigenvalue weighted by molar-refractivity contribution is -0.116. The van der Waals surface area contributed by atoms with Gasteiger partial charge in [-0.3, -0.25) is 14.4 Å². The van der Waals surface area contributed by atoms with Crippen LogP contribution in [-0.4, -0.2) is 23.3 Å². The third kappa shape index (κ3) is 4.76. The Hall–Kier alpha value is -2.96. The third-order valence-corrected chi connectivity index (χ3v) is 3.67. The molecule has 3 N–H and O–H groups in total. The first-order valence-corrected chi connectivity index (χ1v) is 7.82. The van der Waals surface area contributed by atoms with E-state index in [0.29, 0.717) is 22.5 Å². The summed E-state index contributed by atoms with van der Waals surface area (Å²) in [6.45, 7) is 5.10. The number of anilines is 1. The van der Waals surface area contributed by atoms with E-state index in [1.165, 1.54) is 18.2 Å². The molecule has 0 aliphatic heterocycles. The van der Waals surface area contributed by atoms with Crippen LogP contribution in [0.3, 0.4) is 0 Å². The maximum absolute atomic E-state index is 13.2. The molecule has 2 amide bonds. The van der Waals surface area contributed by atoms with Gasteiger partial charge in [0, 0.05) is 24.3 Å². The normalized spacial score (nSPS) is 10.4. The zero-order chi connectivity index (χ0) is 18.6. The minimum absolute atomic E-state index is 0.0327. The Kier molecular flexibility index (Phi) is 5.69. The first-order chi connectivity index (χ1) is 11.8. The van der Waals surface area contributed by atoms with Crippen molar-refractivity contribution in [3.05, 3.63) is 62.8 Å². The predicted octanol–water partition coefficient (Wildman–Crippen LogP) is 2.20. The molecule has 0 unspecified atom stereocenters. The van der Waals surface area contributed by atoms with E-state index in [1.807, 2.05) is 0 Å². The van der Waals surface area contributed by atoms with Crippen LogP contribution in [0.5, 0.6) is 0 Å². The Morgan fingerprint density at radius 2 is 1.84 bits per heavy atom. The molecule has 25 heavy (non-hydrogen) atoms. The maximum atomic E-state index is 13.2. The highest BCUT2D eigenvalue weighted by Gasteiger charge is 2.14. The molecular weight excluding hydrogens is 325 g/mol. The van der Waals surface area contributed by atoms with Crippen molar-refractivity contribution >= 4 is 17.5 Å². The van der Waals surface area contributed by atoms with Gasteiger partial charge >= 0.3 is 0 Å². The fraction of sp³-hybridized carbons (Fsp3) is 0.278. The van der Waals surface area contributed by atoms with Gasteiger partial charge in [-0.1, -0.05) is 0 Å². The Morgan fingerprint density at radius 3 is 2.48 bits per heavy atom. The van der Waals surface area contributed by atoms with Crippen LogP contribution < -0.4 is 16.2 Å². The SMILES string of the molecule is Cc1cc(C)c(C(=O)NCCC(=O)Nc2ccc(F)c(C)c2)c(=O)[nH]1. The average Bonchev–Trinajstić information content (AvgIpc) is 2.50. The number of hydrogen-bond acceptors (Lipinski definition) is 3. The van der Waals surface area contributed by atoms with Crippen LogP contribution in [0, 0.1) is 26.6 Å². The molecule has 2 aromatic rings. The number of rotatable bonds is 5. The zero-order valence-corrected chi connectivity index (χ0v) is 14.3. The number of halogens is 1.